The van der Waals surface area contributed by atoms with Gasteiger partial charge in [-0.1, -0.05) is 36.8 Å². The molecule has 0 saturated heterocycles. The zero-order valence-corrected chi connectivity index (χ0v) is 11.2. The maximum absolute atomic E-state index is 11.7. The Morgan fingerprint density at radius 3 is 2.53 bits per heavy atom. The summed E-state index contributed by atoms with van der Waals surface area (Å²) in [5, 5.41) is 2.73. The lowest BCUT2D eigenvalue weighted by atomic mass is 10.2. The van der Waals surface area contributed by atoms with E-state index in [9.17, 15) is 9.00 Å². The molecule has 0 radical (unpaired) electrons. The molecule has 4 heteroatoms. The molecule has 0 fully saturated rings. The maximum atomic E-state index is 11.7. The Labute approximate surface area is 105 Å². The highest BCUT2D eigenvalue weighted by atomic mass is 32.2. The van der Waals surface area contributed by atoms with Crippen molar-refractivity contribution in [3.8, 4) is 0 Å². The van der Waals surface area contributed by atoms with Crippen LogP contribution in [0.3, 0.4) is 0 Å². The van der Waals surface area contributed by atoms with Crippen molar-refractivity contribution in [2.75, 3.05) is 12.3 Å². The minimum atomic E-state index is -1.12. The number of carbonyl (C=O) groups excluding carboxylic acids is 1. The highest BCUT2D eigenvalue weighted by Crippen LogP contribution is 2.06. The lowest BCUT2D eigenvalue weighted by molar-refractivity contribution is -0.118. The molecule has 94 valence electrons. The van der Waals surface area contributed by atoms with Crippen molar-refractivity contribution < 1.29 is 9.00 Å². The molecule has 0 aliphatic rings. The third-order valence-electron chi connectivity index (χ3n) is 2.31. The Morgan fingerprint density at radius 1 is 1.29 bits per heavy atom. The van der Waals surface area contributed by atoms with Gasteiger partial charge in [0.15, 0.2) is 0 Å². The van der Waals surface area contributed by atoms with Gasteiger partial charge in [-0.05, 0) is 18.9 Å². The van der Waals surface area contributed by atoms with Crippen LogP contribution in [0.4, 0.5) is 0 Å². The Balaban J connectivity index is 2.39. The molecule has 1 atom stereocenters. The first-order valence-corrected chi connectivity index (χ1v) is 7.28. The average molecular weight is 253 g/mol. The molecule has 0 bridgehead atoms. The SMILES string of the molecule is CCCNC(=O)C[S@@](=O)Cc1ccc(C)cc1. The monoisotopic (exact) mass is 253 g/mol. The summed E-state index contributed by atoms with van der Waals surface area (Å²) in [5.41, 5.74) is 2.19. The van der Waals surface area contributed by atoms with E-state index < -0.39 is 10.8 Å². The van der Waals surface area contributed by atoms with Gasteiger partial charge in [0.05, 0.1) is 0 Å². The van der Waals surface area contributed by atoms with Crippen LogP contribution in [0.2, 0.25) is 0 Å². The second-order valence-electron chi connectivity index (χ2n) is 4.06. The predicted octanol–water partition coefficient (Wildman–Crippen LogP) is 1.77. The Morgan fingerprint density at radius 2 is 1.94 bits per heavy atom. The maximum Gasteiger partial charge on any atom is 0.232 e. The van der Waals surface area contributed by atoms with Crippen LogP contribution >= 0.6 is 0 Å². The topological polar surface area (TPSA) is 46.2 Å². The van der Waals surface area contributed by atoms with Crippen molar-refractivity contribution in [3.05, 3.63) is 35.4 Å². The van der Waals surface area contributed by atoms with Gasteiger partial charge in [0, 0.05) is 23.1 Å². The van der Waals surface area contributed by atoms with Gasteiger partial charge >= 0.3 is 0 Å². The van der Waals surface area contributed by atoms with Crippen molar-refractivity contribution >= 4 is 16.7 Å². The van der Waals surface area contributed by atoms with Crippen LogP contribution in [-0.2, 0) is 21.3 Å². The van der Waals surface area contributed by atoms with Gasteiger partial charge in [-0.3, -0.25) is 9.00 Å². The summed E-state index contributed by atoms with van der Waals surface area (Å²) >= 11 is 0. The highest BCUT2D eigenvalue weighted by Gasteiger charge is 2.07. The smallest absolute Gasteiger partial charge is 0.232 e. The first kappa shape index (κ1) is 13.9. The number of aryl methyl sites for hydroxylation is 1. The summed E-state index contributed by atoms with van der Waals surface area (Å²) < 4.78 is 11.7. The fourth-order valence-electron chi connectivity index (χ4n) is 1.38. The molecular weight excluding hydrogens is 234 g/mol. The van der Waals surface area contributed by atoms with E-state index in [2.05, 4.69) is 5.32 Å². The van der Waals surface area contributed by atoms with Gasteiger partial charge in [0.2, 0.25) is 5.91 Å². The van der Waals surface area contributed by atoms with Crippen molar-refractivity contribution in [1.82, 2.24) is 5.32 Å². The van der Waals surface area contributed by atoms with Gasteiger partial charge < -0.3 is 5.32 Å². The molecule has 0 aliphatic heterocycles. The molecule has 0 heterocycles. The molecule has 0 unspecified atom stereocenters. The van der Waals surface area contributed by atoms with Gasteiger partial charge in [0.25, 0.3) is 0 Å². The number of hydrogen-bond donors (Lipinski definition) is 1. The first-order valence-electron chi connectivity index (χ1n) is 5.79. The van der Waals surface area contributed by atoms with E-state index in [1.165, 1.54) is 5.56 Å². The molecule has 3 nitrogen and oxygen atoms in total. The number of benzene rings is 1. The minimum absolute atomic E-state index is 0.0911. The second kappa shape index (κ2) is 7.22. The molecule has 1 N–H and O–H groups in total. The van der Waals surface area contributed by atoms with Gasteiger partial charge in [-0.2, -0.15) is 0 Å². The van der Waals surface area contributed by atoms with Crippen molar-refractivity contribution in [2.45, 2.75) is 26.0 Å². The van der Waals surface area contributed by atoms with E-state index in [-0.39, 0.29) is 11.7 Å². The third-order valence-corrected chi connectivity index (χ3v) is 3.55. The van der Waals surface area contributed by atoms with Gasteiger partial charge in [-0.25, -0.2) is 0 Å². The van der Waals surface area contributed by atoms with Crippen LogP contribution in [0, 0.1) is 6.92 Å². The second-order valence-corrected chi connectivity index (χ2v) is 5.52. The Bertz CT molecular complexity index is 387. The summed E-state index contributed by atoms with van der Waals surface area (Å²) in [4.78, 5) is 11.4. The highest BCUT2D eigenvalue weighted by molar-refractivity contribution is 7.84. The molecule has 0 aromatic heterocycles. The minimum Gasteiger partial charge on any atom is -0.355 e. The first-order chi connectivity index (χ1) is 8.11. The number of rotatable bonds is 6. The Kier molecular flexibility index (Phi) is 5.91. The van der Waals surface area contributed by atoms with Crippen molar-refractivity contribution in [2.24, 2.45) is 0 Å². The zero-order valence-electron chi connectivity index (χ0n) is 10.4. The fraction of sp³-hybridized carbons (Fsp3) is 0.462. The van der Waals surface area contributed by atoms with E-state index in [0.29, 0.717) is 12.3 Å². The van der Waals surface area contributed by atoms with Gasteiger partial charge in [-0.15, -0.1) is 0 Å². The van der Waals surface area contributed by atoms with E-state index in [0.717, 1.165) is 12.0 Å². The summed E-state index contributed by atoms with van der Waals surface area (Å²) in [6.45, 7) is 4.66. The van der Waals surface area contributed by atoms with Crippen LogP contribution in [0.25, 0.3) is 0 Å². The van der Waals surface area contributed by atoms with Crippen LogP contribution in [0.1, 0.15) is 24.5 Å². The largest absolute Gasteiger partial charge is 0.355 e. The van der Waals surface area contributed by atoms with Crippen molar-refractivity contribution in [1.29, 1.82) is 0 Å². The number of nitrogens with one attached hydrogen (secondary N) is 1. The fourth-order valence-corrected chi connectivity index (χ4v) is 2.44. The lowest BCUT2D eigenvalue weighted by Crippen LogP contribution is -2.29. The third kappa shape index (κ3) is 5.63. The molecule has 1 aromatic rings. The zero-order chi connectivity index (χ0) is 12.7. The predicted molar refractivity (Wildman–Crippen MR) is 71.2 cm³/mol. The van der Waals surface area contributed by atoms with Gasteiger partial charge in [0.1, 0.15) is 5.75 Å². The molecule has 0 spiro atoms. The van der Waals surface area contributed by atoms with Crippen LogP contribution in [0.15, 0.2) is 24.3 Å². The summed E-state index contributed by atoms with van der Waals surface area (Å²) in [6, 6.07) is 7.89. The van der Waals surface area contributed by atoms with E-state index >= 15 is 0 Å². The summed E-state index contributed by atoms with van der Waals surface area (Å²) in [6.07, 6.45) is 0.899. The van der Waals surface area contributed by atoms with E-state index in [4.69, 9.17) is 0 Å². The number of carbonyl (C=O) groups is 1. The average Bonchev–Trinajstić information content (AvgIpc) is 2.29. The molecule has 1 amide bonds. The molecule has 1 aromatic carbocycles. The molecule has 0 saturated carbocycles. The summed E-state index contributed by atoms with van der Waals surface area (Å²) in [7, 11) is -1.12. The standard InChI is InChI=1S/C13H19NO2S/c1-3-8-14-13(15)10-17(16)9-12-6-4-11(2)5-7-12/h4-7H,3,8-10H2,1-2H3,(H,14,15)/t17-/m0/s1. The van der Waals surface area contributed by atoms with Crippen LogP contribution < -0.4 is 5.32 Å². The number of amides is 1. The molecule has 17 heavy (non-hydrogen) atoms. The van der Waals surface area contributed by atoms with Crippen LogP contribution in [-0.4, -0.2) is 22.4 Å². The van der Waals surface area contributed by atoms with Crippen LogP contribution in [0.5, 0.6) is 0 Å². The Hall–Kier alpha value is -1.16. The van der Waals surface area contributed by atoms with Crippen molar-refractivity contribution in [3.63, 3.8) is 0 Å². The quantitative estimate of drug-likeness (QED) is 0.840. The lowest BCUT2D eigenvalue weighted by Gasteiger charge is -2.04. The van der Waals surface area contributed by atoms with E-state index in [1.54, 1.807) is 0 Å². The molecular formula is C13H19NO2S. The molecule has 1 rings (SSSR count). The molecule has 0 aliphatic carbocycles. The van der Waals surface area contributed by atoms with E-state index in [1.807, 2.05) is 38.1 Å². The number of hydrogen-bond acceptors (Lipinski definition) is 2. The normalized spacial score (nSPS) is 12.1. The summed E-state index contributed by atoms with van der Waals surface area (Å²) in [5.74, 6) is 0.408.